The predicted molar refractivity (Wildman–Crippen MR) is 82.8 cm³/mol. The molecule has 0 aliphatic carbocycles. The summed E-state index contributed by atoms with van der Waals surface area (Å²) in [5.41, 5.74) is 0. The second-order valence-corrected chi connectivity index (χ2v) is 6.64. The lowest BCUT2D eigenvalue weighted by molar-refractivity contribution is -0.156. The molecule has 0 aromatic rings. The van der Waals surface area contributed by atoms with E-state index < -0.39 is 12.1 Å². The van der Waals surface area contributed by atoms with Crippen molar-refractivity contribution in [3.05, 3.63) is 0 Å². The van der Waals surface area contributed by atoms with Crippen LogP contribution in [0.1, 0.15) is 47.5 Å². The van der Waals surface area contributed by atoms with Crippen LogP contribution in [-0.4, -0.2) is 48.6 Å². The van der Waals surface area contributed by atoms with Gasteiger partial charge in [-0.3, -0.25) is 9.59 Å². The first-order chi connectivity index (χ1) is 9.83. The largest absolute Gasteiger partial charge is 0.383 e. The number of methoxy groups -OCH3 is 1. The van der Waals surface area contributed by atoms with E-state index in [-0.39, 0.29) is 23.8 Å². The van der Waals surface area contributed by atoms with E-state index in [0.717, 1.165) is 6.42 Å². The van der Waals surface area contributed by atoms with Crippen molar-refractivity contribution >= 4 is 11.8 Å². The summed E-state index contributed by atoms with van der Waals surface area (Å²) in [7, 11) is 1.63. The van der Waals surface area contributed by atoms with Gasteiger partial charge in [0.15, 0.2) is 0 Å². The van der Waals surface area contributed by atoms with E-state index in [2.05, 4.69) is 19.2 Å². The van der Waals surface area contributed by atoms with Crippen LogP contribution >= 0.6 is 0 Å². The minimum atomic E-state index is -0.404. The highest BCUT2D eigenvalue weighted by atomic mass is 16.5. The smallest absolute Gasteiger partial charge is 0.246 e. The van der Waals surface area contributed by atoms with E-state index >= 15 is 0 Å². The lowest BCUT2D eigenvalue weighted by atomic mass is 9.91. The van der Waals surface area contributed by atoms with Gasteiger partial charge in [-0.1, -0.05) is 34.6 Å². The number of hydrogen-bond acceptors (Lipinski definition) is 3. The number of nitrogens with zero attached hydrogens (tertiary/aromatic N) is 1. The summed E-state index contributed by atoms with van der Waals surface area (Å²) in [6.45, 7) is 10.6. The maximum Gasteiger partial charge on any atom is 0.246 e. The van der Waals surface area contributed by atoms with Crippen LogP contribution in [0.4, 0.5) is 0 Å². The monoisotopic (exact) mass is 298 g/mol. The van der Waals surface area contributed by atoms with Crippen molar-refractivity contribution in [3.8, 4) is 0 Å². The van der Waals surface area contributed by atoms with Gasteiger partial charge in [0.25, 0.3) is 0 Å². The van der Waals surface area contributed by atoms with Gasteiger partial charge in [-0.05, 0) is 24.7 Å². The molecule has 1 saturated heterocycles. The summed E-state index contributed by atoms with van der Waals surface area (Å²) in [5.74, 6) is 0.440. The maximum absolute atomic E-state index is 12.9. The highest BCUT2D eigenvalue weighted by Crippen LogP contribution is 2.24. The van der Waals surface area contributed by atoms with E-state index in [1.165, 1.54) is 0 Å². The van der Waals surface area contributed by atoms with Gasteiger partial charge in [0.2, 0.25) is 11.8 Å². The molecule has 1 heterocycles. The van der Waals surface area contributed by atoms with Crippen LogP contribution in [0, 0.1) is 11.8 Å². The molecule has 3 unspecified atom stereocenters. The average molecular weight is 298 g/mol. The third-order valence-corrected chi connectivity index (χ3v) is 4.00. The lowest BCUT2D eigenvalue weighted by Gasteiger charge is -2.45. The molecule has 0 saturated carbocycles. The Labute approximate surface area is 128 Å². The van der Waals surface area contributed by atoms with Crippen molar-refractivity contribution in [1.82, 2.24) is 10.2 Å². The van der Waals surface area contributed by atoms with E-state index in [0.29, 0.717) is 18.9 Å². The molecule has 1 fully saturated rings. The number of carbonyl (C=O) groups excluding carboxylic acids is 2. The van der Waals surface area contributed by atoms with Gasteiger partial charge in [0.05, 0.1) is 12.6 Å². The normalized spacial score (nSPS) is 24.7. The van der Waals surface area contributed by atoms with E-state index in [1.807, 2.05) is 20.8 Å². The second kappa shape index (κ2) is 7.78. The fourth-order valence-corrected chi connectivity index (χ4v) is 3.01. The molecule has 5 heteroatoms. The minimum absolute atomic E-state index is 0.0332. The van der Waals surface area contributed by atoms with Crippen molar-refractivity contribution in [2.75, 3.05) is 13.7 Å². The highest BCUT2D eigenvalue weighted by molar-refractivity contribution is 5.97. The lowest BCUT2D eigenvalue weighted by Crippen LogP contribution is -2.67. The number of nitrogens with one attached hydrogen (secondary N) is 1. The molecule has 1 rings (SSSR count). The summed E-state index contributed by atoms with van der Waals surface area (Å²) in [5, 5.41) is 2.91. The van der Waals surface area contributed by atoms with Gasteiger partial charge in [-0.25, -0.2) is 0 Å². The van der Waals surface area contributed by atoms with Crippen LogP contribution in [0.5, 0.6) is 0 Å². The highest BCUT2D eigenvalue weighted by Gasteiger charge is 2.44. The van der Waals surface area contributed by atoms with Crippen LogP contribution in [0.3, 0.4) is 0 Å². The molecule has 0 radical (unpaired) electrons. The molecule has 1 aliphatic heterocycles. The standard InChI is InChI=1S/C16H30N2O3/c1-7-12(9-21-6)18-14(11(4)5)15(19)17-13(16(18)20)8-10(2)3/h10-14H,7-9H2,1-6H3,(H,17,19). The van der Waals surface area contributed by atoms with Gasteiger partial charge in [0.1, 0.15) is 12.1 Å². The molecule has 5 nitrogen and oxygen atoms in total. The van der Waals surface area contributed by atoms with Crippen molar-refractivity contribution < 1.29 is 14.3 Å². The second-order valence-electron chi connectivity index (χ2n) is 6.64. The van der Waals surface area contributed by atoms with Crippen LogP contribution in [0.15, 0.2) is 0 Å². The van der Waals surface area contributed by atoms with Crippen molar-refractivity contribution in [2.45, 2.75) is 65.6 Å². The number of rotatable bonds is 7. The Morgan fingerprint density at radius 1 is 1.24 bits per heavy atom. The number of amides is 2. The summed E-state index contributed by atoms with van der Waals surface area (Å²) in [4.78, 5) is 27.1. The van der Waals surface area contributed by atoms with Crippen molar-refractivity contribution in [1.29, 1.82) is 0 Å². The summed E-state index contributed by atoms with van der Waals surface area (Å²) >= 11 is 0. The van der Waals surface area contributed by atoms with Crippen molar-refractivity contribution in [3.63, 3.8) is 0 Å². The fourth-order valence-electron chi connectivity index (χ4n) is 3.01. The van der Waals surface area contributed by atoms with Crippen LogP contribution in [0.25, 0.3) is 0 Å². The molecule has 1 aliphatic rings. The molecular formula is C16H30N2O3. The molecule has 0 bridgehead atoms. The van der Waals surface area contributed by atoms with Gasteiger partial charge in [0, 0.05) is 7.11 Å². The van der Waals surface area contributed by atoms with Crippen LogP contribution in [0.2, 0.25) is 0 Å². The number of hydrogen-bond donors (Lipinski definition) is 1. The fraction of sp³-hybridized carbons (Fsp3) is 0.875. The molecule has 0 spiro atoms. The zero-order valence-electron chi connectivity index (χ0n) is 14.2. The summed E-state index contributed by atoms with van der Waals surface area (Å²) in [6, 6.07) is -0.852. The van der Waals surface area contributed by atoms with Crippen LogP contribution in [-0.2, 0) is 14.3 Å². The van der Waals surface area contributed by atoms with Gasteiger partial charge < -0.3 is 15.0 Å². The first-order valence-electron chi connectivity index (χ1n) is 7.94. The molecule has 21 heavy (non-hydrogen) atoms. The van der Waals surface area contributed by atoms with Gasteiger partial charge >= 0.3 is 0 Å². The molecule has 2 amide bonds. The van der Waals surface area contributed by atoms with E-state index in [9.17, 15) is 9.59 Å². The molecular weight excluding hydrogens is 268 g/mol. The molecule has 122 valence electrons. The zero-order valence-corrected chi connectivity index (χ0v) is 14.2. The Hall–Kier alpha value is -1.10. The number of ether oxygens (including phenoxy) is 1. The van der Waals surface area contributed by atoms with E-state index in [1.54, 1.807) is 12.0 Å². The Balaban J connectivity index is 3.07. The van der Waals surface area contributed by atoms with E-state index in [4.69, 9.17) is 4.74 Å². The van der Waals surface area contributed by atoms with Gasteiger partial charge in [-0.2, -0.15) is 0 Å². The Morgan fingerprint density at radius 2 is 1.86 bits per heavy atom. The zero-order chi connectivity index (χ0) is 16.2. The third-order valence-electron chi connectivity index (χ3n) is 4.00. The molecule has 0 aromatic carbocycles. The topological polar surface area (TPSA) is 58.6 Å². The third kappa shape index (κ3) is 4.19. The molecule has 1 N–H and O–H groups in total. The SMILES string of the molecule is CCC(COC)N1C(=O)C(CC(C)C)NC(=O)C1C(C)C. The Bertz CT molecular complexity index is 369. The number of piperazine rings is 1. The maximum atomic E-state index is 12.9. The molecule has 0 aromatic heterocycles. The first kappa shape index (κ1) is 18.0. The van der Waals surface area contributed by atoms with Crippen molar-refractivity contribution in [2.24, 2.45) is 11.8 Å². The number of carbonyl (C=O) groups is 2. The molecule has 3 atom stereocenters. The Morgan fingerprint density at radius 3 is 2.29 bits per heavy atom. The summed E-state index contributed by atoms with van der Waals surface area (Å²) < 4.78 is 5.25. The van der Waals surface area contributed by atoms with Gasteiger partial charge in [-0.15, -0.1) is 0 Å². The summed E-state index contributed by atoms with van der Waals surface area (Å²) in [6.07, 6.45) is 1.46. The first-order valence-corrected chi connectivity index (χ1v) is 7.94. The quantitative estimate of drug-likeness (QED) is 0.780. The van der Waals surface area contributed by atoms with Crippen LogP contribution < -0.4 is 5.32 Å². The average Bonchev–Trinajstić information content (AvgIpc) is 2.38. The minimum Gasteiger partial charge on any atom is -0.383 e. The predicted octanol–water partition coefficient (Wildman–Crippen LogP) is 1.81. The Kier molecular flexibility index (Phi) is 6.65.